The maximum absolute atomic E-state index is 11.9. The highest BCUT2D eigenvalue weighted by Gasteiger charge is 2.06. The van der Waals surface area contributed by atoms with E-state index in [2.05, 4.69) is 23.3 Å². The Balaban J connectivity index is 1.65. The Kier molecular flexibility index (Phi) is 9.74. The molecule has 1 N–H and O–H groups in total. The van der Waals surface area contributed by atoms with Crippen LogP contribution in [0.5, 0.6) is 17.2 Å². The number of ether oxygens (including phenoxy) is 3. The molecule has 0 aliphatic carbocycles. The van der Waals surface area contributed by atoms with E-state index in [1.165, 1.54) is 5.56 Å². The molecular formula is C24H32N2O4. The first-order valence-electron chi connectivity index (χ1n) is 10.0. The molecule has 162 valence electrons. The van der Waals surface area contributed by atoms with Crippen LogP contribution >= 0.6 is 0 Å². The molecule has 6 nitrogen and oxygen atoms in total. The summed E-state index contributed by atoms with van der Waals surface area (Å²) in [4.78, 5) is 14.2. The molecule has 0 aliphatic heterocycles. The molecule has 0 saturated heterocycles. The Bertz CT molecular complexity index is 818. The fourth-order valence-electron chi connectivity index (χ4n) is 2.97. The number of rotatable bonds is 12. The molecule has 6 heteroatoms. The van der Waals surface area contributed by atoms with Crippen molar-refractivity contribution in [3.05, 3.63) is 59.7 Å². The minimum Gasteiger partial charge on any atom is -0.497 e. The van der Waals surface area contributed by atoms with Gasteiger partial charge in [-0.05, 0) is 67.9 Å². The van der Waals surface area contributed by atoms with Crippen molar-refractivity contribution < 1.29 is 19.0 Å². The Morgan fingerprint density at radius 1 is 0.967 bits per heavy atom. The van der Waals surface area contributed by atoms with Crippen molar-refractivity contribution in [1.82, 2.24) is 10.2 Å². The maximum atomic E-state index is 11.9. The van der Waals surface area contributed by atoms with Gasteiger partial charge in [0.25, 0.3) is 0 Å². The lowest BCUT2D eigenvalue weighted by Crippen LogP contribution is -2.28. The predicted octanol–water partition coefficient (Wildman–Crippen LogP) is 3.41. The lowest BCUT2D eigenvalue weighted by Gasteiger charge is -2.17. The third-order valence-corrected chi connectivity index (χ3v) is 4.79. The Labute approximate surface area is 179 Å². The minimum absolute atomic E-state index is 0.0844. The van der Waals surface area contributed by atoms with Gasteiger partial charge in [-0.2, -0.15) is 0 Å². The second-order valence-electron chi connectivity index (χ2n) is 6.99. The Morgan fingerprint density at radius 3 is 2.37 bits per heavy atom. The third-order valence-electron chi connectivity index (χ3n) is 4.79. The van der Waals surface area contributed by atoms with E-state index in [0.717, 1.165) is 48.7 Å². The molecule has 0 heterocycles. The highest BCUT2D eigenvalue weighted by molar-refractivity contribution is 5.91. The molecule has 1 amide bonds. The van der Waals surface area contributed by atoms with Crippen LogP contribution in [0.1, 0.15) is 17.5 Å². The second kappa shape index (κ2) is 12.5. The molecule has 0 radical (unpaired) electrons. The van der Waals surface area contributed by atoms with E-state index < -0.39 is 0 Å². The molecule has 2 rings (SSSR count). The van der Waals surface area contributed by atoms with Gasteiger partial charge in [0.2, 0.25) is 5.91 Å². The highest BCUT2D eigenvalue weighted by atomic mass is 16.5. The molecule has 30 heavy (non-hydrogen) atoms. The van der Waals surface area contributed by atoms with Crippen molar-refractivity contribution >= 4 is 12.0 Å². The summed E-state index contributed by atoms with van der Waals surface area (Å²) in [6.07, 6.45) is 5.17. The summed E-state index contributed by atoms with van der Waals surface area (Å²) < 4.78 is 15.8. The fraction of sp³-hybridized carbons (Fsp3) is 0.375. The molecule has 0 saturated carbocycles. The van der Waals surface area contributed by atoms with Crippen molar-refractivity contribution in [1.29, 1.82) is 0 Å². The molecule has 0 atom stereocenters. The van der Waals surface area contributed by atoms with E-state index in [1.807, 2.05) is 36.4 Å². The molecule has 0 aromatic heterocycles. The van der Waals surface area contributed by atoms with Gasteiger partial charge in [0.1, 0.15) is 5.75 Å². The summed E-state index contributed by atoms with van der Waals surface area (Å²) >= 11 is 0. The summed E-state index contributed by atoms with van der Waals surface area (Å²) in [7, 11) is 7.01. The van der Waals surface area contributed by atoms with Crippen LogP contribution in [0.2, 0.25) is 0 Å². The van der Waals surface area contributed by atoms with E-state index in [-0.39, 0.29) is 5.91 Å². The molecule has 0 aliphatic rings. The van der Waals surface area contributed by atoms with Crippen molar-refractivity contribution in [2.24, 2.45) is 0 Å². The number of hydrogen-bond acceptors (Lipinski definition) is 5. The summed E-state index contributed by atoms with van der Waals surface area (Å²) in [6.45, 7) is 2.49. The lowest BCUT2D eigenvalue weighted by atomic mass is 10.1. The maximum Gasteiger partial charge on any atom is 0.243 e. The van der Waals surface area contributed by atoms with Crippen LogP contribution in [0.25, 0.3) is 6.08 Å². The zero-order valence-electron chi connectivity index (χ0n) is 18.3. The predicted molar refractivity (Wildman–Crippen MR) is 120 cm³/mol. The summed E-state index contributed by atoms with van der Waals surface area (Å²) in [6, 6.07) is 13.6. The molecule has 0 unspecified atom stereocenters. The van der Waals surface area contributed by atoms with Crippen molar-refractivity contribution in [2.75, 3.05) is 48.0 Å². The Hall–Kier alpha value is -2.99. The zero-order valence-corrected chi connectivity index (χ0v) is 18.3. The topological polar surface area (TPSA) is 60.0 Å². The monoisotopic (exact) mass is 412 g/mol. The van der Waals surface area contributed by atoms with Crippen molar-refractivity contribution in [3.8, 4) is 17.2 Å². The number of carbonyl (C=O) groups is 1. The number of benzene rings is 2. The number of methoxy groups -OCH3 is 3. The van der Waals surface area contributed by atoms with Gasteiger partial charge in [0.15, 0.2) is 11.5 Å². The Morgan fingerprint density at radius 2 is 1.70 bits per heavy atom. The van der Waals surface area contributed by atoms with Gasteiger partial charge in [-0.1, -0.05) is 18.2 Å². The van der Waals surface area contributed by atoms with E-state index >= 15 is 0 Å². The van der Waals surface area contributed by atoms with Crippen LogP contribution in [-0.4, -0.2) is 58.8 Å². The third kappa shape index (κ3) is 7.79. The van der Waals surface area contributed by atoms with E-state index in [1.54, 1.807) is 33.5 Å². The smallest absolute Gasteiger partial charge is 0.243 e. The number of nitrogens with zero attached hydrogens (tertiary/aromatic N) is 1. The standard InChI is InChI=1S/C24H32N2O4/c1-26(17-14-20-8-12-22(29-3)23(18-20)30-4)16-5-15-25-24(27)13-9-19-6-10-21(28-2)11-7-19/h6-13,18H,5,14-17H2,1-4H3,(H,25,27). The van der Waals surface area contributed by atoms with E-state index in [0.29, 0.717) is 6.54 Å². The van der Waals surface area contributed by atoms with Crippen LogP contribution in [0.15, 0.2) is 48.5 Å². The van der Waals surface area contributed by atoms with Crippen LogP contribution in [0.3, 0.4) is 0 Å². The van der Waals surface area contributed by atoms with Crippen LogP contribution in [0.4, 0.5) is 0 Å². The number of nitrogens with one attached hydrogen (secondary N) is 1. The summed E-state index contributed by atoms with van der Waals surface area (Å²) in [5, 5.41) is 2.92. The van der Waals surface area contributed by atoms with Crippen molar-refractivity contribution in [2.45, 2.75) is 12.8 Å². The first-order valence-corrected chi connectivity index (χ1v) is 10.0. The SMILES string of the molecule is COc1ccc(C=CC(=O)NCCCN(C)CCc2ccc(OC)c(OC)c2)cc1. The quantitative estimate of drug-likeness (QED) is 0.428. The average molecular weight is 413 g/mol. The van der Waals surface area contributed by atoms with Crippen molar-refractivity contribution in [3.63, 3.8) is 0 Å². The van der Waals surface area contributed by atoms with Gasteiger partial charge in [-0.25, -0.2) is 0 Å². The largest absolute Gasteiger partial charge is 0.497 e. The van der Waals surface area contributed by atoms with Crippen LogP contribution in [0, 0.1) is 0 Å². The fourth-order valence-corrected chi connectivity index (χ4v) is 2.97. The van der Waals surface area contributed by atoms with E-state index in [9.17, 15) is 4.79 Å². The number of amides is 1. The van der Waals surface area contributed by atoms with Crippen LogP contribution < -0.4 is 19.5 Å². The molecule has 0 bridgehead atoms. The van der Waals surface area contributed by atoms with Gasteiger partial charge in [-0.3, -0.25) is 4.79 Å². The molecule has 0 spiro atoms. The molecule has 0 fully saturated rings. The average Bonchev–Trinajstić information content (AvgIpc) is 2.79. The zero-order chi connectivity index (χ0) is 21.8. The first kappa shape index (κ1) is 23.3. The van der Waals surface area contributed by atoms with E-state index in [4.69, 9.17) is 14.2 Å². The highest BCUT2D eigenvalue weighted by Crippen LogP contribution is 2.27. The van der Waals surface area contributed by atoms with Gasteiger partial charge in [0, 0.05) is 19.2 Å². The van der Waals surface area contributed by atoms with Gasteiger partial charge >= 0.3 is 0 Å². The summed E-state index contributed by atoms with van der Waals surface area (Å²) in [5.74, 6) is 2.21. The van der Waals surface area contributed by atoms with Gasteiger partial charge < -0.3 is 24.4 Å². The normalized spacial score (nSPS) is 11.0. The lowest BCUT2D eigenvalue weighted by molar-refractivity contribution is -0.116. The first-order chi connectivity index (χ1) is 14.5. The second-order valence-corrected chi connectivity index (χ2v) is 6.99. The number of hydrogen-bond donors (Lipinski definition) is 1. The summed E-state index contributed by atoms with van der Waals surface area (Å²) in [5.41, 5.74) is 2.16. The molecule has 2 aromatic rings. The van der Waals surface area contributed by atoms with Crippen LogP contribution in [-0.2, 0) is 11.2 Å². The number of likely N-dealkylation sites (N-methyl/N-ethyl adjacent to an activating group) is 1. The van der Waals surface area contributed by atoms with Gasteiger partial charge in [-0.15, -0.1) is 0 Å². The van der Waals surface area contributed by atoms with Gasteiger partial charge in [0.05, 0.1) is 21.3 Å². The number of carbonyl (C=O) groups excluding carboxylic acids is 1. The molecular weight excluding hydrogens is 380 g/mol. The minimum atomic E-state index is -0.0844. The molecule has 2 aromatic carbocycles.